The van der Waals surface area contributed by atoms with Crippen LogP contribution in [0.4, 0.5) is 5.00 Å². The van der Waals surface area contributed by atoms with E-state index in [1.807, 2.05) is 0 Å². The molecule has 0 spiro atoms. The van der Waals surface area contributed by atoms with Crippen molar-refractivity contribution in [3.63, 3.8) is 0 Å². The summed E-state index contributed by atoms with van der Waals surface area (Å²) in [5.41, 5.74) is 0.462. The number of hydrogen-bond donors (Lipinski definition) is 2. The highest BCUT2D eigenvalue weighted by molar-refractivity contribution is 7.18. The van der Waals surface area contributed by atoms with Crippen LogP contribution in [-0.4, -0.2) is 41.5 Å². The lowest BCUT2D eigenvalue weighted by molar-refractivity contribution is -0.119. The number of halogens is 3. The number of rotatable bonds is 6. The van der Waals surface area contributed by atoms with Gasteiger partial charge in [0, 0.05) is 6.92 Å². The van der Waals surface area contributed by atoms with E-state index in [2.05, 4.69) is 10.6 Å². The summed E-state index contributed by atoms with van der Waals surface area (Å²) in [5, 5.41) is 5.41. The van der Waals surface area contributed by atoms with E-state index in [4.69, 9.17) is 44.3 Å². The first-order valence-corrected chi connectivity index (χ1v) is 8.97. The molecule has 1 aromatic rings. The highest BCUT2D eigenvalue weighted by Crippen LogP contribution is 2.38. The molecule has 0 saturated heterocycles. The number of nitrogens with one attached hydrogen (secondary N) is 2. The lowest BCUT2D eigenvalue weighted by Gasteiger charge is -2.26. The van der Waals surface area contributed by atoms with Gasteiger partial charge in [-0.25, -0.2) is 9.59 Å². The molecule has 11 heteroatoms. The molecule has 1 atom stereocenters. The summed E-state index contributed by atoms with van der Waals surface area (Å²) >= 11 is 18.5. The van der Waals surface area contributed by atoms with E-state index in [9.17, 15) is 14.4 Å². The van der Waals surface area contributed by atoms with E-state index in [-0.39, 0.29) is 22.0 Å². The van der Waals surface area contributed by atoms with Crippen LogP contribution in [0.25, 0.3) is 0 Å². The van der Waals surface area contributed by atoms with Gasteiger partial charge in [0.1, 0.15) is 16.0 Å². The van der Waals surface area contributed by atoms with E-state index >= 15 is 0 Å². The summed E-state index contributed by atoms with van der Waals surface area (Å²) in [6, 6.07) is 0. The van der Waals surface area contributed by atoms with Gasteiger partial charge < -0.3 is 20.1 Å². The predicted molar refractivity (Wildman–Crippen MR) is 97.9 cm³/mol. The zero-order valence-electron chi connectivity index (χ0n) is 13.9. The van der Waals surface area contributed by atoms with Crippen molar-refractivity contribution in [1.82, 2.24) is 5.32 Å². The average molecular weight is 432 g/mol. The Morgan fingerprint density at radius 1 is 1.24 bits per heavy atom. The van der Waals surface area contributed by atoms with E-state index in [1.54, 1.807) is 13.8 Å². The van der Waals surface area contributed by atoms with Crippen molar-refractivity contribution < 1.29 is 23.9 Å². The SMILES string of the molecule is CCOC(=O)c1sc(N[C@H](NC(C)=O)C(Cl)(Cl)Cl)c(C(=O)OC)c1C. The summed E-state index contributed by atoms with van der Waals surface area (Å²) in [7, 11) is 1.20. The first kappa shape index (κ1) is 21.8. The molecule has 2 N–H and O–H groups in total. The molecule has 0 aliphatic rings. The molecule has 0 aliphatic heterocycles. The molecule has 0 bridgehead atoms. The van der Waals surface area contributed by atoms with Crippen LogP contribution in [-0.2, 0) is 14.3 Å². The average Bonchev–Trinajstić information content (AvgIpc) is 2.81. The van der Waals surface area contributed by atoms with Crippen molar-refractivity contribution in [2.75, 3.05) is 19.0 Å². The quantitative estimate of drug-likeness (QED) is 0.408. The Morgan fingerprint density at radius 3 is 2.28 bits per heavy atom. The van der Waals surface area contributed by atoms with Gasteiger partial charge in [0.15, 0.2) is 0 Å². The number of thiophene rings is 1. The minimum atomic E-state index is -1.92. The van der Waals surface area contributed by atoms with Crippen LogP contribution in [0, 0.1) is 6.92 Å². The van der Waals surface area contributed by atoms with Crippen LogP contribution in [0.2, 0.25) is 0 Å². The number of anilines is 1. The molecular weight excluding hydrogens is 415 g/mol. The minimum absolute atomic E-state index is 0.0974. The zero-order chi connectivity index (χ0) is 19.4. The maximum Gasteiger partial charge on any atom is 0.348 e. The van der Waals surface area contributed by atoms with Crippen LogP contribution in [0.5, 0.6) is 0 Å². The molecule has 0 fully saturated rings. The van der Waals surface area contributed by atoms with Crippen LogP contribution in [0.15, 0.2) is 0 Å². The maximum absolute atomic E-state index is 12.1. The third kappa shape index (κ3) is 5.64. The molecule has 1 heterocycles. The Balaban J connectivity index is 3.36. The molecule has 1 aromatic heterocycles. The van der Waals surface area contributed by atoms with Crippen molar-refractivity contribution >= 4 is 69.0 Å². The summed E-state index contributed by atoms with van der Waals surface area (Å²) in [6.07, 6.45) is -1.15. The molecular formula is C14H17Cl3N2O5S. The summed E-state index contributed by atoms with van der Waals surface area (Å²) in [6.45, 7) is 4.66. The predicted octanol–water partition coefficient (Wildman–Crippen LogP) is 3.26. The van der Waals surface area contributed by atoms with Gasteiger partial charge in [-0.15, -0.1) is 11.3 Å². The molecule has 0 unspecified atom stereocenters. The fourth-order valence-electron chi connectivity index (χ4n) is 1.89. The Labute approximate surface area is 163 Å². The third-order valence-electron chi connectivity index (χ3n) is 2.95. The first-order chi connectivity index (χ1) is 11.5. The number of methoxy groups -OCH3 is 1. The fraction of sp³-hybridized carbons (Fsp3) is 0.500. The van der Waals surface area contributed by atoms with Gasteiger partial charge in [-0.1, -0.05) is 34.8 Å². The second kappa shape index (κ2) is 8.93. The van der Waals surface area contributed by atoms with Crippen LogP contribution in [0.1, 0.15) is 39.4 Å². The highest BCUT2D eigenvalue weighted by atomic mass is 35.6. The monoisotopic (exact) mass is 430 g/mol. The molecule has 0 aliphatic carbocycles. The zero-order valence-corrected chi connectivity index (χ0v) is 17.0. The van der Waals surface area contributed by atoms with Gasteiger partial charge in [-0.05, 0) is 19.4 Å². The highest BCUT2D eigenvalue weighted by Gasteiger charge is 2.36. The Bertz CT molecular complexity index is 672. The van der Waals surface area contributed by atoms with Gasteiger partial charge in [0.25, 0.3) is 0 Å². The largest absolute Gasteiger partial charge is 0.465 e. The van der Waals surface area contributed by atoms with Crippen LogP contribution in [0.3, 0.4) is 0 Å². The number of hydrogen-bond acceptors (Lipinski definition) is 7. The van der Waals surface area contributed by atoms with Gasteiger partial charge in [-0.2, -0.15) is 0 Å². The van der Waals surface area contributed by atoms with Crippen LogP contribution < -0.4 is 10.6 Å². The first-order valence-electron chi connectivity index (χ1n) is 7.02. The van der Waals surface area contributed by atoms with Gasteiger partial charge in [-0.3, -0.25) is 4.79 Å². The summed E-state index contributed by atoms with van der Waals surface area (Å²) in [4.78, 5) is 35.7. The fourth-order valence-corrected chi connectivity index (χ4v) is 3.33. The van der Waals surface area contributed by atoms with Crippen molar-refractivity contribution in [3.05, 3.63) is 16.0 Å². The van der Waals surface area contributed by atoms with Crippen molar-refractivity contribution in [1.29, 1.82) is 0 Å². The number of carbonyl (C=O) groups excluding carboxylic acids is 3. The normalized spacial score (nSPS) is 12.3. The number of carbonyl (C=O) groups is 3. The minimum Gasteiger partial charge on any atom is -0.465 e. The van der Waals surface area contributed by atoms with Gasteiger partial charge in [0.2, 0.25) is 9.70 Å². The lowest BCUT2D eigenvalue weighted by atomic mass is 10.1. The Hall–Kier alpha value is -1.22. The molecule has 25 heavy (non-hydrogen) atoms. The van der Waals surface area contributed by atoms with Gasteiger partial charge >= 0.3 is 11.9 Å². The number of ether oxygens (including phenoxy) is 2. The number of amides is 1. The molecule has 0 radical (unpaired) electrons. The molecule has 7 nitrogen and oxygen atoms in total. The topological polar surface area (TPSA) is 93.7 Å². The number of alkyl halides is 3. The maximum atomic E-state index is 12.1. The smallest absolute Gasteiger partial charge is 0.348 e. The second-order valence-corrected chi connectivity index (χ2v) is 8.18. The van der Waals surface area contributed by atoms with Crippen molar-refractivity contribution in [2.45, 2.75) is 30.7 Å². The Morgan fingerprint density at radius 2 is 1.84 bits per heavy atom. The summed E-state index contributed by atoms with van der Waals surface area (Å²) < 4.78 is 7.80. The van der Waals surface area contributed by atoms with Crippen molar-refractivity contribution in [3.8, 4) is 0 Å². The van der Waals surface area contributed by atoms with E-state index in [0.717, 1.165) is 11.3 Å². The van der Waals surface area contributed by atoms with Crippen LogP contribution >= 0.6 is 46.1 Å². The summed E-state index contributed by atoms with van der Waals surface area (Å²) in [5.74, 6) is -1.73. The van der Waals surface area contributed by atoms with Gasteiger partial charge in [0.05, 0.1) is 19.3 Å². The Kier molecular flexibility index (Phi) is 7.80. The molecule has 0 saturated carbocycles. The molecule has 1 rings (SSSR count). The van der Waals surface area contributed by atoms with E-state index in [0.29, 0.717) is 5.56 Å². The van der Waals surface area contributed by atoms with E-state index in [1.165, 1.54) is 14.0 Å². The van der Waals surface area contributed by atoms with E-state index < -0.39 is 27.8 Å². The molecule has 1 amide bonds. The molecule has 140 valence electrons. The number of esters is 2. The lowest BCUT2D eigenvalue weighted by Crippen LogP contribution is -2.48. The third-order valence-corrected chi connectivity index (χ3v) is 4.81. The second-order valence-electron chi connectivity index (χ2n) is 4.79. The van der Waals surface area contributed by atoms with Crippen molar-refractivity contribution in [2.24, 2.45) is 0 Å². The molecule has 0 aromatic carbocycles. The standard InChI is InChI=1S/C14H17Cl3N2O5S/c1-5-24-12(22)9-6(2)8(11(21)23-4)10(25-9)19-13(14(15,16)17)18-7(3)20/h13,19H,5H2,1-4H3,(H,18,20)/t13-/m0/s1.